The zero-order valence-corrected chi connectivity index (χ0v) is 21.0. The van der Waals surface area contributed by atoms with E-state index in [0.29, 0.717) is 60.0 Å². The van der Waals surface area contributed by atoms with Crippen molar-refractivity contribution >= 4 is 22.8 Å². The van der Waals surface area contributed by atoms with E-state index in [1.807, 2.05) is 12.1 Å². The molecule has 3 fully saturated rings. The number of halogens is 1. The molecule has 2 bridgehead atoms. The highest BCUT2D eigenvalue weighted by Crippen LogP contribution is 2.46. The third-order valence-electron chi connectivity index (χ3n) is 7.86. The Morgan fingerprint density at radius 1 is 1.16 bits per heavy atom. The van der Waals surface area contributed by atoms with Crippen LogP contribution < -0.4 is 20.1 Å². The number of amides is 1. The summed E-state index contributed by atoms with van der Waals surface area (Å²) in [5.41, 5.74) is 2.00. The predicted octanol–water partition coefficient (Wildman–Crippen LogP) is 2.67. The quantitative estimate of drug-likeness (QED) is 0.388. The molecular weight excluding hydrogens is 493 g/mol. The zero-order chi connectivity index (χ0) is 26.2. The normalized spacial score (nSPS) is 24.1. The molecule has 3 aromatic rings. The highest BCUT2D eigenvalue weighted by molar-refractivity contribution is 5.94. The maximum absolute atomic E-state index is 14.9. The lowest BCUT2D eigenvalue weighted by atomic mass is 9.69. The Labute approximate surface area is 218 Å². The molecule has 0 unspecified atom stereocenters. The smallest absolute Gasteiger partial charge is 0.263 e. The van der Waals surface area contributed by atoms with Crippen molar-refractivity contribution in [1.29, 1.82) is 0 Å². The summed E-state index contributed by atoms with van der Waals surface area (Å²) in [7, 11) is 0. The van der Waals surface area contributed by atoms with Crippen LogP contribution in [0, 0.1) is 5.82 Å². The van der Waals surface area contributed by atoms with Crippen molar-refractivity contribution in [3.8, 4) is 11.6 Å². The first-order valence-electron chi connectivity index (χ1n) is 13.0. The Morgan fingerprint density at radius 3 is 2.82 bits per heavy atom. The third kappa shape index (κ3) is 4.89. The molecule has 10 nitrogen and oxygen atoms in total. The number of aryl methyl sites for hydroxylation is 1. The Hall–Kier alpha value is -3.41. The van der Waals surface area contributed by atoms with Crippen molar-refractivity contribution in [3.05, 3.63) is 47.5 Å². The number of aliphatic hydroxyl groups excluding tert-OH is 1. The Bertz CT molecular complexity index is 1340. The second-order valence-electron chi connectivity index (χ2n) is 10.3. The number of carbonyl (C=O) groups excluding carboxylic acids is 1. The van der Waals surface area contributed by atoms with Gasteiger partial charge in [0.15, 0.2) is 18.2 Å². The number of nitrogens with zero attached hydrogens (tertiary/aromatic N) is 3. The van der Waals surface area contributed by atoms with Crippen LogP contribution in [-0.2, 0) is 22.5 Å². The number of pyridine rings is 3. The largest absolute Gasteiger partial charge is 0.480 e. The summed E-state index contributed by atoms with van der Waals surface area (Å²) in [5.74, 6) is 0.783. The number of anilines is 1. The van der Waals surface area contributed by atoms with Gasteiger partial charge in [0.05, 0.1) is 41.7 Å². The van der Waals surface area contributed by atoms with Crippen molar-refractivity contribution in [3.63, 3.8) is 0 Å². The first kappa shape index (κ1) is 24.9. The molecule has 0 aromatic carbocycles. The van der Waals surface area contributed by atoms with Crippen LogP contribution in [0.1, 0.15) is 43.4 Å². The lowest BCUT2D eigenvalue weighted by molar-refractivity contribution is -0.165. The number of aliphatic hydroxyl groups is 1. The average molecular weight is 524 g/mol. The zero-order valence-electron chi connectivity index (χ0n) is 21.0. The lowest BCUT2D eigenvalue weighted by Crippen LogP contribution is -2.61. The number of carbonyl (C=O) groups is 1. The van der Waals surface area contributed by atoms with Gasteiger partial charge in [0, 0.05) is 23.7 Å². The third-order valence-corrected chi connectivity index (χ3v) is 7.86. The molecule has 1 saturated carbocycles. The second-order valence-corrected chi connectivity index (χ2v) is 10.3. The maximum atomic E-state index is 14.9. The molecule has 200 valence electrons. The molecule has 4 aliphatic rings. The highest BCUT2D eigenvalue weighted by atomic mass is 19.1. The van der Waals surface area contributed by atoms with E-state index in [4.69, 9.17) is 19.3 Å². The molecule has 3 aromatic heterocycles. The van der Waals surface area contributed by atoms with Crippen LogP contribution in [0.15, 0.2) is 30.5 Å². The summed E-state index contributed by atoms with van der Waals surface area (Å²) >= 11 is 0. The van der Waals surface area contributed by atoms with E-state index in [9.17, 15) is 9.18 Å². The van der Waals surface area contributed by atoms with Gasteiger partial charge in [-0.3, -0.25) is 9.78 Å². The van der Waals surface area contributed by atoms with Crippen LogP contribution in [0.2, 0.25) is 0 Å². The lowest BCUT2D eigenvalue weighted by Gasteiger charge is -2.53. The Balaban J connectivity index is 1.09. The van der Waals surface area contributed by atoms with Crippen molar-refractivity contribution in [2.45, 2.75) is 56.2 Å². The van der Waals surface area contributed by atoms with Gasteiger partial charge in [0.2, 0.25) is 5.88 Å². The fourth-order valence-electron chi connectivity index (χ4n) is 5.59. The van der Waals surface area contributed by atoms with E-state index in [1.54, 1.807) is 12.1 Å². The minimum atomic E-state index is -0.387. The van der Waals surface area contributed by atoms with Gasteiger partial charge in [0.25, 0.3) is 5.91 Å². The summed E-state index contributed by atoms with van der Waals surface area (Å²) in [4.78, 5) is 24.8. The van der Waals surface area contributed by atoms with Gasteiger partial charge in [-0.15, -0.1) is 0 Å². The number of aromatic nitrogens is 3. The molecule has 0 spiro atoms. The summed E-state index contributed by atoms with van der Waals surface area (Å²) in [6.07, 6.45) is 6.08. The van der Waals surface area contributed by atoms with Gasteiger partial charge < -0.3 is 30.0 Å². The van der Waals surface area contributed by atoms with E-state index >= 15 is 0 Å². The first-order valence-corrected chi connectivity index (χ1v) is 13.0. The van der Waals surface area contributed by atoms with Crippen molar-refractivity contribution in [1.82, 2.24) is 20.3 Å². The van der Waals surface area contributed by atoms with E-state index in [1.165, 1.54) is 6.20 Å². The molecule has 7 rings (SSSR count). The fourth-order valence-corrected chi connectivity index (χ4v) is 5.59. The Kier molecular flexibility index (Phi) is 6.58. The summed E-state index contributed by atoms with van der Waals surface area (Å²) in [6.45, 7) is 1.14. The highest BCUT2D eigenvalue weighted by Gasteiger charge is 2.49. The van der Waals surface area contributed by atoms with Crippen LogP contribution in [0.25, 0.3) is 11.0 Å². The van der Waals surface area contributed by atoms with Crippen LogP contribution in [-0.4, -0.2) is 63.5 Å². The molecule has 0 radical (unpaired) electrons. The average Bonchev–Trinajstić information content (AvgIpc) is 2.95. The Morgan fingerprint density at radius 2 is 2.03 bits per heavy atom. The summed E-state index contributed by atoms with van der Waals surface area (Å²) in [6, 6.07) is 7.16. The van der Waals surface area contributed by atoms with Gasteiger partial charge in [-0.25, -0.2) is 14.4 Å². The molecular formula is C27H30FN5O5. The van der Waals surface area contributed by atoms with E-state index in [0.717, 1.165) is 31.4 Å². The first-order chi connectivity index (χ1) is 18.5. The summed E-state index contributed by atoms with van der Waals surface area (Å²) < 4.78 is 32.1. The summed E-state index contributed by atoms with van der Waals surface area (Å²) in [5, 5.41) is 15.4. The number of hydrogen-bond donors (Lipinski definition) is 3. The number of fused-ring (bicyclic) bond motifs is 5. The molecule has 1 aliphatic carbocycles. The van der Waals surface area contributed by atoms with E-state index in [-0.39, 0.29) is 42.7 Å². The minimum absolute atomic E-state index is 0.00902. The number of nitrogens with one attached hydrogen (secondary N) is 2. The second kappa shape index (κ2) is 10.0. The van der Waals surface area contributed by atoms with Crippen LogP contribution in [0.3, 0.4) is 0 Å². The molecule has 3 aliphatic heterocycles. The van der Waals surface area contributed by atoms with Crippen LogP contribution in [0.4, 0.5) is 10.2 Å². The monoisotopic (exact) mass is 523 g/mol. The van der Waals surface area contributed by atoms with Gasteiger partial charge in [-0.2, -0.15) is 0 Å². The van der Waals surface area contributed by atoms with Gasteiger partial charge >= 0.3 is 0 Å². The van der Waals surface area contributed by atoms with Crippen molar-refractivity contribution in [2.75, 3.05) is 31.7 Å². The minimum Gasteiger partial charge on any atom is -0.480 e. The van der Waals surface area contributed by atoms with E-state index < -0.39 is 0 Å². The van der Waals surface area contributed by atoms with Crippen LogP contribution >= 0.6 is 0 Å². The topological polar surface area (TPSA) is 128 Å². The molecule has 6 heterocycles. The van der Waals surface area contributed by atoms with Gasteiger partial charge in [-0.1, -0.05) is 0 Å². The molecule has 1 amide bonds. The van der Waals surface area contributed by atoms with Gasteiger partial charge in [0.1, 0.15) is 12.4 Å². The number of hydrogen-bond acceptors (Lipinski definition) is 9. The standard InChI is InChI=1S/C27H30FN5O5/c28-19-14-29-20-2-4-23(36-12-11-34)33-24(20)18(19)5-6-27-9-7-26(8-10-27,16-38-27)30-13-17-1-3-21-25(31-17)32-22(35)15-37-21/h1-4,14,30,34H,5-13,15-16H2,(H,31,32,35). The number of ether oxygens (including phenoxy) is 3. The molecule has 3 N–H and O–H groups in total. The SMILES string of the molecule is O=C1COc2ccc(CNC34CCC(CCc5c(F)cnc6ccc(OCCO)nc56)(CC3)OC4)nc2N1. The van der Waals surface area contributed by atoms with Crippen molar-refractivity contribution in [2.24, 2.45) is 0 Å². The molecule has 2 saturated heterocycles. The maximum Gasteiger partial charge on any atom is 0.263 e. The fraction of sp³-hybridized carbons (Fsp3) is 0.481. The molecule has 11 heteroatoms. The molecule has 0 atom stereocenters. The van der Waals surface area contributed by atoms with Gasteiger partial charge in [-0.05, 0) is 56.7 Å². The van der Waals surface area contributed by atoms with Crippen molar-refractivity contribution < 1.29 is 28.5 Å². The predicted molar refractivity (Wildman–Crippen MR) is 135 cm³/mol. The van der Waals surface area contributed by atoms with Crippen LogP contribution in [0.5, 0.6) is 11.6 Å². The van der Waals surface area contributed by atoms with E-state index in [2.05, 4.69) is 25.6 Å². The molecule has 38 heavy (non-hydrogen) atoms. The number of rotatable bonds is 9.